The van der Waals surface area contributed by atoms with Crippen LogP contribution in [0, 0.1) is 0 Å². The predicted molar refractivity (Wildman–Crippen MR) is 95.9 cm³/mol. The summed E-state index contributed by atoms with van der Waals surface area (Å²) in [6, 6.07) is 5.56. The van der Waals surface area contributed by atoms with Gasteiger partial charge in [0.1, 0.15) is 5.69 Å². The molecule has 0 aliphatic rings. The van der Waals surface area contributed by atoms with Gasteiger partial charge in [-0.25, -0.2) is 24.7 Å². The van der Waals surface area contributed by atoms with Crippen molar-refractivity contribution in [2.45, 2.75) is 33.4 Å². The van der Waals surface area contributed by atoms with E-state index in [0.29, 0.717) is 41.0 Å². The van der Waals surface area contributed by atoms with Crippen molar-refractivity contribution >= 4 is 22.6 Å². The minimum Gasteiger partial charge on any atom is -0.760 e. The molecule has 0 amide bonds. The summed E-state index contributed by atoms with van der Waals surface area (Å²) in [7, 11) is 0. The van der Waals surface area contributed by atoms with E-state index in [-0.39, 0.29) is 12.6 Å². The molecule has 3 heterocycles. The molecule has 0 saturated carbocycles. The summed E-state index contributed by atoms with van der Waals surface area (Å²) in [5, 5.41) is 0. The SMILES string of the molecule is CCOc1cccc(-c2nc3ncc(CNS(=O)[O-])nc3n2C(C)C)n1. The fraction of sp³-hybridized carbons (Fsp3) is 0.375. The van der Waals surface area contributed by atoms with Crippen LogP contribution in [0.25, 0.3) is 22.8 Å². The van der Waals surface area contributed by atoms with Crippen LogP contribution < -0.4 is 9.46 Å². The quantitative estimate of drug-likeness (QED) is 0.625. The van der Waals surface area contributed by atoms with Crippen molar-refractivity contribution in [3.05, 3.63) is 30.1 Å². The third kappa shape index (κ3) is 3.87. The van der Waals surface area contributed by atoms with Gasteiger partial charge in [0, 0.05) is 23.4 Å². The molecule has 0 aliphatic heterocycles. The van der Waals surface area contributed by atoms with Crippen molar-refractivity contribution in [2.24, 2.45) is 0 Å². The molecule has 3 aromatic rings. The Hall–Kier alpha value is -2.43. The number of ether oxygens (including phenoxy) is 1. The minimum absolute atomic E-state index is 0.0544. The maximum absolute atomic E-state index is 10.7. The zero-order valence-electron chi connectivity index (χ0n) is 14.7. The second kappa shape index (κ2) is 7.85. The summed E-state index contributed by atoms with van der Waals surface area (Å²) in [4.78, 5) is 17.9. The maximum atomic E-state index is 10.7. The molecular formula is C16H19N6O3S-. The first-order valence-electron chi connectivity index (χ1n) is 8.16. The van der Waals surface area contributed by atoms with Gasteiger partial charge in [-0.15, -0.1) is 0 Å². The highest BCUT2D eigenvalue weighted by atomic mass is 32.2. The van der Waals surface area contributed by atoms with Gasteiger partial charge in [-0.05, 0) is 26.8 Å². The van der Waals surface area contributed by atoms with Gasteiger partial charge >= 0.3 is 0 Å². The number of nitrogens with one attached hydrogen (secondary N) is 1. The lowest BCUT2D eigenvalue weighted by molar-refractivity contribution is 0.327. The Morgan fingerprint density at radius 3 is 2.81 bits per heavy atom. The monoisotopic (exact) mass is 375 g/mol. The fourth-order valence-corrected chi connectivity index (χ4v) is 2.82. The normalized spacial score (nSPS) is 12.7. The molecule has 0 aliphatic carbocycles. The number of fused-ring (bicyclic) bond motifs is 1. The van der Waals surface area contributed by atoms with Crippen LogP contribution in [0.1, 0.15) is 32.5 Å². The highest BCUT2D eigenvalue weighted by molar-refractivity contribution is 7.77. The first-order valence-corrected chi connectivity index (χ1v) is 9.24. The van der Waals surface area contributed by atoms with Crippen LogP contribution >= 0.6 is 0 Å². The molecule has 0 fully saturated rings. The summed E-state index contributed by atoms with van der Waals surface area (Å²) in [6.45, 7) is 6.51. The second-order valence-electron chi connectivity index (χ2n) is 5.76. The largest absolute Gasteiger partial charge is 0.760 e. The lowest BCUT2D eigenvalue weighted by Crippen LogP contribution is -2.17. The average molecular weight is 375 g/mol. The van der Waals surface area contributed by atoms with E-state index >= 15 is 0 Å². The summed E-state index contributed by atoms with van der Waals surface area (Å²) < 4.78 is 31.1. The number of aromatic nitrogens is 5. The zero-order chi connectivity index (χ0) is 18.7. The molecule has 0 saturated heterocycles. The highest BCUT2D eigenvalue weighted by Crippen LogP contribution is 2.26. The molecular weight excluding hydrogens is 356 g/mol. The first kappa shape index (κ1) is 18.4. The average Bonchev–Trinajstić information content (AvgIpc) is 2.99. The van der Waals surface area contributed by atoms with E-state index < -0.39 is 11.3 Å². The standard InChI is InChI=1S/C16H20N6O3S/c1-4-25-13-7-5-6-12(20-13)15-21-14-16(22(15)10(2)3)19-11(8-17-14)9-18-26(23)24/h5-8,10,18H,4,9H2,1-3H3,(H,23,24)/p-1. The predicted octanol–water partition coefficient (Wildman–Crippen LogP) is 1.75. The molecule has 1 N–H and O–H groups in total. The van der Waals surface area contributed by atoms with Gasteiger partial charge in [0.05, 0.1) is 25.0 Å². The molecule has 10 heteroatoms. The second-order valence-corrected chi connectivity index (χ2v) is 6.52. The summed E-state index contributed by atoms with van der Waals surface area (Å²) in [5.41, 5.74) is 2.22. The Morgan fingerprint density at radius 1 is 1.31 bits per heavy atom. The summed E-state index contributed by atoms with van der Waals surface area (Å²) >= 11 is -2.36. The molecule has 9 nitrogen and oxygen atoms in total. The van der Waals surface area contributed by atoms with E-state index in [1.807, 2.05) is 37.5 Å². The van der Waals surface area contributed by atoms with Crippen molar-refractivity contribution in [1.82, 2.24) is 29.2 Å². The number of pyridine rings is 1. The topological polar surface area (TPSA) is 118 Å². The third-order valence-corrected chi connectivity index (χ3v) is 3.97. The molecule has 1 unspecified atom stereocenters. The number of hydrogen-bond acceptors (Lipinski definition) is 7. The van der Waals surface area contributed by atoms with Crippen LogP contribution in [0.3, 0.4) is 0 Å². The van der Waals surface area contributed by atoms with Gasteiger partial charge in [-0.1, -0.05) is 6.07 Å². The van der Waals surface area contributed by atoms with E-state index in [2.05, 4.69) is 24.7 Å². The van der Waals surface area contributed by atoms with Gasteiger partial charge in [0.15, 0.2) is 17.1 Å². The Labute approximate surface area is 153 Å². The molecule has 138 valence electrons. The molecule has 0 aromatic carbocycles. The Balaban J connectivity index is 2.09. The van der Waals surface area contributed by atoms with Crippen LogP contribution in [0.2, 0.25) is 0 Å². The van der Waals surface area contributed by atoms with Crippen LogP contribution in [-0.4, -0.2) is 39.9 Å². The number of hydrogen-bond donors (Lipinski definition) is 1. The molecule has 26 heavy (non-hydrogen) atoms. The van der Waals surface area contributed by atoms with Crippen LogP contribution in [0.4, 0.5) is 0 Å². The Bertz CT molecular complexity index is 943. The van der Waals surface area contributed by atoms with Gasteiger partial charge in [0.25, 0.3) is 0 Å². The van der Waals surface area contributed by atoms with Gasteiger partial charge in [-0.3, -0.25) is 4.21 Å². The van der Waals surface area contributed by atoms with Crippen molar-refractivity contribution in [3.63, 3.8) is 0 Å². The third-order valence-electron chi connectivity index (χ3n) is 3.59. The van der Waals surface area contributed by atoms with Crippen molar-refractivity contribution in [1.29, 1.82) is 0 Å². The van der Waals surface area contributed by atoms with E-state index in [1.165, 1.54) is 6.20 Å². The lowest BCUT2D eigenvalue weighted by Gasteiger charge is -2.13. The van der Waals surface area contributed by atoms with Crippen LogP contribution in [0.5, 0.6) is 5.88 Å². The van der Waals surface area contributed by atoms with Crippen molar-refractivity contribution in [2.75, 3.05) is 6.61 Å². The summed E-state index contributed by atoms with van der Waals surface area (Å²) in [5.74, 6) is 1.16. The zero-order valence-corrected chi connectivity index (χ0v) is 15.5. The Morgan fingerprint density at radius 2 is 2.12 bits per heavy atom. The first-order chi connectivity index (χ1) is 12.5. The molecule has 0 bridgehead atoms. The van der Waals surface area contributed by atoms with Gasteiger partial charge in [-0.2, -0.15) is 0 Å². The number of rotatable bonds is 7. The molecule has 0 radical (unpaired) electrons. The van der Waals surface area contributed by atoms with Crippen molar-refractivity contribution < 1.29 is 13.5 Å². The molecule has 3 rings (SSSR count). The van der Waals surface area contributed by atoms with E-state index in [9.17, 15) is 8.76 Å². The number of nitrogens with zero attached hydrogens (tertiary/aromatic N) is 5. The van der Waals surface area contributed by atoms with E-state index in [1.54, 1.807) is 6.07 Å². The van der Waals surface area contributed by atoms with Gasteiger partial charge in [0.2, 0.25) is 5.88 Å². The van der Waals surface area contributed by atoms with E-state index in [4.69, 9.17) is 4.74 Å². The van der Waals surface area contributed by atoms with Crippen LogP contribution in [-0.2, 0) is 17.8 Å². The summed E-state index contributed by atoms with van der Waals surface area (Å²) in [6.07, 6.45) is 1.51. The molecule has 1 atom stereocenters. The molecule has 0 spiro atoms. The minimum atomic E-state index is -2.36. The smallest absolute Gasteiger partial charge is 0.213 e. The highest BCUT2D eigenvalue weighted by Gasteiger charge is 2.19. The van der Waals surface area contributed by atoms with Crippen LogP contribution in [0.15, 0.2) is 24.4 Å². The van der Waals surface area contributed by atoms with Gasteiger partial charge < -0.3 is 13.9 Å². The lowest BCUT2D eigenvalue weighted by atomic mass is 10.3. The Kier molecular flexibility index (Phi) is 5.55. The van der Waals surface area contributed by atoms with E-state index in [0.717, 1.165) is 0 Å². The maximum Gasteiger partial charge on any atom is 0.213 e. The number of imidazole rings is 1. The fourth-order valence-electron chi connectivity index (χ4n) is 2.56. The molecule has 3 aromatic heterocycles. The van der Waals surface area contributed by atoms with Crippen molar-refractivity contribution in [3.8, 4) is 17.4 Å².